The summed E-state index contributed by atoms with van der Waals surface area (Å²) in [5.74, 6) is 0. The molecule has 0 N–H and O–H groups in total. The molecule has 110 valence electrons. The summed E-state index contributed by atoms with van der Waals surface area (Å²) in [6.07, 6.45) is 7.88. The maximum absolute atomic E-state index is 4.58. The summed E-state index contributed by atoms with van der Waals surface area (Å²) < 4.78 is 0. The Morgan fingerprint density at radius 3 is 2.95 bits per heavy atom. The maximum Gasteiger partial charge on any atom is 0.0575 e. The number of hydrogen-bond acceptors (Lipinski definition) is 3. The van der Waals surface area contributed by atoms with E-state index in [1.807, 2.05) is 24.0 Å². The van der Waals surface area contributed by atoms with E-state index in [4.69, 9.17) is 0 Å². The fourth-order valence-electron chi connectivity index (χ4n) is 3.09. The zero-order chi connectivity index (χ0) is 14.5. The molecular weight excluding hydrogens is 276 g/mol. The quantitative estimate of drug-likeness (QED) is 0.771. The van der Waals surface area contributed by atoms with Crippen molar-refractivity contribution in [3.8, 4) is 0 Å². The fourth-order valence-corrected chi connectivity index (χ4v) is 3.58. The molecule has 0 unspecified atom stereocenters. The number of aromatic nitrogens is 1. The zero-order valence-corrected chi connectivity index (χ0v) is 13.4. The second-order valence-corrected chi connectivity index (χ2v) is 6.47. The highest BCUT2D eigenvalue weighted by Crippen LogP contribution is 2.31. The number of pyridine rings is 1. The van der Waals surface area contributed by atoms with Gasteiger partial charge in [-0.15, -0.1) is 11.8 Å². The van der Waals surface area contributed by atoms with Gasteiger partial charge in [-0.05, 0) is 55.5 Å². The highest BCUT2D eigenvalue weighted by Gasteiger charge is 2.24. The Morgan fingerprint density at radius 1 is 1.19 bits per heavy atom. The molecule has 0 saturated carbocycles. The number of piperidine rings is 1. The van der Waals surface area contributed by atoms with E-state index in [1.165, 1.54) is 42.0 Å². The second-order valence-electron chi connectivity index (χ2n) is 5.59. The van der Waals surface area contributed by atoms with Crippen molar-refractivity contribution in [1.82, 2.24) is 9.88 Å². The molecule has 0 radical (unpaired) electrons. The first-order valence-electron chi connectivity index (χ1n) is 7.65. The first kappa shape index (κ1) is 14.6. The van der Waals surface area contributed by atoms with Gasteiger partial charge in [-0.25, -0.2) is 0 Å². The Hall–Kier alpha value is -1.32. The van der Waals surface area contributed by atoms with E-state index in [-0.39, 0.29) is 0 Å². The van der Waals surface area contributed by atoms with Gasteiger partial charge in [0.25, 0.3) is 0 Å². The van der Waals surface area contributed by atoms with Crippen molar-refractivity contribution in [3.63, 3.8) is 0 Å². The molecule has 1 saturated heterocycles. The third-order valence-electron chi connectivity index (χ3n) is 4.16. The average Bonchev–Trinajstić information content (AvgIpc) is 2.56. The van der Waals surface area contributed by atoms with Gasteiger partial charge in [-0.3, -0.25) is 9.88 Å². The molecule has 1 aromatic carbocycles. The number of rotatable bonds is 4. The Balaban J connectivity index is 1.78. The number of likely N-dealkylation sites (tertiary alicyclic amines) is 1. The van der Waals surface area contributed by atoms with Crippen LogP contribution in [0.5, 0.6) is 0 Å². The largest absolute Gasteiger partial charge is 0.291 e. The molecule has 21 heavy (non-hydrogen) atoms. The van der Waals surface area contributed by atoms with Gasteiger partial charge in [0, 0.05) is 17.6 Å². The molecule has 1 aliphatic rings. The average molecular weight is 298 g/mol. The minimum Gasteiger partial charge on any atom is -0.291 e. The van der Waals surface area contributed by atoms with E-state index in [2.05, 4.69) is 52.5 Å². The fraction of sp³-hybridized carbons (Fsp3) is 0.389. The Bertz CT molecular complexity index is 570. The molecule has 2 nitrogen and oxygen atoms in total. The van der Waals surface area contributed by atoms with E-state index < -0.39 is 0 Å². The number of hydrogen-bond donors (Lipinski definition) is 0. The molecule has 1 aromatic heterocycles. The monoisotopic (exact) mass is 298 g/mol. The zero-order valence-electron chi connectivity index (χ0n) is 12.5. The summed E-state index contributed by atoms with van der Waals surface area (Å²) in [5.41, 5.74) is 2.63. The minimum absolute atomic E-state index is 0.470. The van der Waals surface area contributed by atoms with Crippen LogP contribution >= 0.6 is 11.8 Å². The van der Waals surface area contributed by atoms with Crippen LogP contribution in [0.15, 0.2) is 53.6 Å². The van der Waals surface area contributed by atoms with Crippen molar-refractivity contribution in [2.45, 2.75) is 36.7 Å². The van der Waals surface area contributed by atoms with Crippen LogP contribution in [0.3, 0.4) is 0 Å². The standard InChI is InChI=1S/C18H22N2S/c1-21-16-8-6-7-15(13-16)14-20-12-5-3-10-18(20)17-9-2-4-11-19-17/h2,4,6-9,11,13,18H,3,5,10,12,14H2,1H3/t18-/m0/s1. The van der Waals surface area contributed by atoms with E-state index in [0.29, 0.717) is 6.04 Å². The predicted molar refractivity (Wildman–Crippen MR) is 89.5 cm³/mol. The summed E-state index contributed by atoms with van der Waals surface area (Å²) in [4.78, 5) is 8.52. The summed E-state index contributed by atoms with van der Waals surface area (Å²) in [6, 6.07) is 15.6. The third-order valence-corrected chi connectivity index (χ3v) is 4.89. The third kappa shape index (κ3) is 3.66. The highest BCUT2D eigenvalue weighted by molar-refractivity contribution is 7.98. The lowest BCUT2D eigenvalue weighted by Gasteiger charge is -2.35. The van der Waals surface area contributed by atoms with E-state index in [0.717, 1.165) is 6.54 Å². The molecule has 1 aliphatic heterocycles. The normalized spacial score (nSPS) is 19.6. The molecule has 3 rings (SSSR count). The van der Waals surface area contributed by atoms with Gasteiger partial charge in [0.2, 0.25) is 0 Å². The van der Waals surface area contributed by atoms with Crippen molar-refractivity contribution in [1.29, 1.82) is 0 Å². The number of nitrogens with zero attached hydrogens (tertiary/aromatic N) is 2. The van der Waals surface area contributed by atoms with Gasteiger partial charge in [0.1, 0.15) is 0 Å². The smallest absolute Gasteiger partial charge is 0.0575 e. The van der Waals surface area contributed by atoms with Crippen LogP contribution < -0.4 is 0 Å². The molecular formula is C18H22N2S. The van der Waals surface area contributed by atoms with Crippen LogP contribution in [0.2, 0.25) is 0 Å². The van der Waals surface area contributed by atoms with Gasteiger partial charge in [-0.2, -0.15) is 0 Å². The molecule has 0 bridgehead atoms. The molecule has 2 heterocycles. The van der Waals surface area contributed by atoms with E-state index in [1.54, 1.807) is 0 Å². The van der Waals surface area contributed by atoms with Crippen molar-refractivity contribution in [2.75, 3.05) is 12.8 Å². The second kappa shape index (κ2) is 7.10. The van der Waals surface area contributed by atoms with Gasteiger partial charge in [0.15, 0.2) is 0 Å². The molecule has 0 spiro atoms. The van der Waals surface area contributed by atoms with E-state index >= 15 is 0 Å². The van der Waals surface area contributed by atoms with Crippen molar-refractivity contribution >= 4 is 11.8 Å². The molecule has 2 aromatic rings. The van der Waals surface area contributed by atoms with Crippen LogP contribution in [0.1, 0.15) is 36.6 Å². The van der Waals surface area contributed by atoms with Crippen molar-refractivity contribution in [3.05, 3.63) is 59.9 Å². The Labute approximate surface area is 131 Å². The summed E-state index contributed by atoms with van der Waals surface area (Å²) in [5, 5.41) is 0. The maximum atomic E-state index is 4.58. The van der Waals surface area contributed by atoms with Gasteiger partial charge >= 0.3 is 0 Å². The Morgan fingerprint density at radius 2 is 2.14 bits per heavy atom. The van der Waals surface area contributed by atoms with Crippen LogP contribution in [-0.2, 0) is 6.54 Å². The molecule has 1 atom stereocenters. The summed E-state index contributed by atoms with van der Waals surface area (Å²) in [7, 11) is 0. The lowest BCUT2D eigenvalue weighted by Crippen LogP contribution is -2.33. The van der Waals surface area contributed by atoms with Gasteiger partial charge < -0.3 is 0 Å². The molecule has 3 heteroatoms. The van der Waals surface area contributed by atoms with Crippen molar-refractivity contribution in [2.24, 2.45) is 0 Å². The summed E-state index contributed by atoms with van der Waals surface area (Å²) >= 11 is 1.81. The topological polar surface area (TPSA) is 16.1 Å². The number of thioether (sulfide) groups is 1. The molecule has 1 fully saturated rings. The van der Waals surface area contributed by atoms with Gasteiger partial charge in [0.05, 0.1) is 11.7 Å². The summed E-state index contributed by atoms with van der Waals surface area (Å²) in [6.45, 7) is 2.19. The molecule has 0 amide bonds. The van der Waals surface area contributed by atoms with Crippen LogP contribution in [0, 0.1) is 0 Å². The lowest BCUT2D eigenvalue weighted by molar-refractivity contribution is 0.137. The first-order valence-corrected chi connectivity index (χ1v) is 8.87. The predicted octanol–water partition coefficient (Wildman–Crippen LogP) is 4.53. The van der Waals surface area contributed by atoms with Crippen LogP contribution in [-0.4, -0.2) is 22.7 Å². The Kier molecular flexibility index (Phi) is 4.94. The molecule has 0 aliphatic carbocycles. The van der Waals surface area contributed by atoms with Crippen LogP contribution in [0.25, 0.3) is 0 Å². The first-order chi connectivity index (χ1) is 10.4. The van der Waals surface area contributed by atoms with Gasteiger partial charge in [-0.1, -0.05) is 24.6 Å². The minimum atomic E-state index is 0.470. The van der Waals surface area contributed by atoms with Crippen LogP contribution in [0.4, 0.5) is 0 Å². The highest BCUT2D eigenvalue weighted by atomic mass is 32.2. The van der Waals surface area contributed by atoms with Crippen molar-refractivity contribution < 1.29 is 0 Å². The SMILES string of the molecule is CSc1cccc(CN2CCCC[C@H]2c2ccccn2)c1. The lowest BCUT2D eigenvalue weighted by atomic mass is 9.98. The van der Waals surface area contributed by atoms with E-state index in [9.17, 15) is 0 Å². The number of benzene rings is 1.